The fourth-order valence-electron chi connectivity index (χ4n) is 2.10. The lowest BCUT2D eigenvalue weighted by Crippen LogP contribution is -2.40. The first-order chi connectivity index (χ1) is 10.1. The maximum absolute atomic E-state index is 12.0. The van der Waals surface area contributed by atoms with Gasteiger partial charge < -0.3 is 25.2 Å². The molecule has 1 heterocycles. The van der Waals surface area contributed by atoms with E-state index in [2.05, 4.69) is 10.6 Å². The van der Waals surface area contributed by atoms with Gasteiger partial charge in [0.2, 0.25) is 5.91 Å². The van der Waals surface area contributed by atoms with Gasteiger partial charge in [0.25, 0.3) is 0 Å². The first kappa shape index (κ1) is 15.3. The summed E-state index contributed by atoms with van der Waals surface area (Å²) < 4.78 is 10.6. The number of carbonyl (C=O) groups is 2. The molecule has 7 heteroatoms. The molecule has 0 aromatic heterocycles. The van der Waals surface area contributed by atoms with Crippen LogP contribution in [0.25, 0.3) is 0 Å². The topological polar surface area (TPSA) is 96.9 Å². The van der Waals surface area contributed by atoms with Gasteiger partial charge in [-0.05, 0) is 18.2 Å². The van der Waals surface area contributed by atoms with E-state index >= 15 is 0 Å². The number of aromatic carboxylic acids is 1. The molecule has 7 nitrogen and oxygen atoms in total. The molecule has 2 rings (SSSR count). The largest absolute Gasteiger partial charge is 0.495 e. The molecule has 1 aliphatic heterocycles. The Morgan fingerprint density at radius 2 is 2.33 bits per heavy atom. The highest BCUT2D eigenvalue weighted by molar-refractivity contribution is 5.95. The molecule has 0 bridgehead atoms. The first-order valence-electron chi connectivity index (χ1n) is 6.63. The van der Waals surface area contributed by atoms with E-state index in [0.717, 1.165) is 6.54 Å². The zero-order chi connectivity index (χ0) is 15.2. The summed E-state index contributed by atoms with van der Waals surface area (Å²) in [5.41, 5.74) is 0.424. The standard InChI is InChI=1S/C14H18N2O5/c1-20-12-3-2-9(14(18)19)6-11(12)16-13(17)7-10-8-15-4-5-21-10/h2-3,6,10,15H,4-5,7-8H2,1H3,(H,16,17)(H,18,19). The third-order valence-electron chi connectivity index (χ3n) is 3.14. The number of morpholine rings is 1. The van der Waals surface area contributed by atoms with Gasteiger partial charge in [0.1, 0.15) is 5.75 Å². The lowest BCUT2D eigenvalue weighted by molar-refractivity contribution is -0.119. The molecule has 0 spiro atoms. The second-order valence-corrected chi connectivity index (χ2v) is 4.67. The van der Waals surface area contributed by atoms with Crippen LogP contribution < -0.4 is 15.4 Å². The zero-order valence-electron chi connectivity index (χ0n) is 11.7. The Bertz CT molecular complexity index is 526. The number of rotatable bonds is 5. The van der Waals surface area contributed by atoms with Crippen LogP contribution in [0, 0.1) is 0 Å². The van der Waals surface area contributed by atoms with Crippen molar-refractivity contribution in [3.63, 3.8) is 0 Å². The van der Waals surface area contributed by atoms with Gasteiger partial charge in [0.05, 0.1) is 37.5 Å². The average molecular weight is 294 g/mol. The quantitative estimate of drug-likeness (QED) is 0.740. The SMILES string of the molecule is COc1ccc(C(=O)O)cc1NC(=O)CC1CNCCO1. The van der Waals surface area contributed by atoms with Gasteiger partial charge in [-0.15, -0.1) is 0 Å². The molecule has 0 saturated carbocycles. The first-order valence-corrected chi connectivity index (χ1v) is 6.63. The Morgan fingerprint density at radius 3 is 2.95 bits per heavy atom. The smallest absolute Gasteiger partial charge is 0.335 e. The summed E-state index contributed by atoms with van der Waals surface area (Å²) >= 11 is 0. The van der Waals surface area contributed by atoms with Crippen LogP contribution in [0.5, 0.6) is 5.75 Å². The number of ether oxygens (including phenoxy) is 2. The van der Waals surface area contributed by atoms with E-state index in [0.29, 0.717) is 24.6 Å². The highest BCUT2D eigenvalue weighted by atomic mass is 16.5. The van der Waals surface area contributed by atoms with Crippen LogP contribution in [0.3, 0.4) is 0 Å². The number of carboxylic acids is 1. The highest BCUT2D eigenvalue weighted by Gasteiger charge is 2.18. The number of methoxy groups -OCH3 is 1. The van der Waals surface area contributed by atoms with Crippen molar-refractivity contribution in [2.24, 2.45) is 0 Å². The van der Waals surface area contributed by atoms with Crippen LogP contribution in [0.2, 0.25) is 0 Å². The molecule has 1 aliphatic rings. The van der Waals surface area contributed by atoms with Gasteiger partial charge in [-0.1, -0.05) is 0 Å². The van der Waals surface area contributed by atoms with Crippen molar-refractivity contribution in [3.05, 3.63) is 23.8 Å². The molecule has 1 atom stereocenters. The van der Waals surface area contributed by atoms with Crippen LogP contribution in [-0.2, 0) is 9.53 Å². The third-order valence-corrected chi connectivity index (χ3v) is 3.14. The molecule has 1 fully saturated rings. The summed E-state index contributed by atoms with van der Waals surface area (Å²) in [6.45, 7) is 1.99. The van der Waals surface area contributed by atoms with E-state index in [1.165, 1.54) is 25.3 Å². The minimum Gasteiger partial charge on any atom is -0.495 e. The molecule has 1 saturated heterocycles. The molecule has 1 amide bonds. The van der Waals surface area contributed by atoms with Crippen molar-refractivity contribution in [1.82, 2.24) is 5.32 Å². The van der Waals surface area contributed by atoms with Crippen molar-refractivity contribution < 1.29 is 24.2 Å². The number of carboxylic acid groups (broad SMARTS) is 1. The van der Waals surface area contributed by atoms with Crippen molar-refractivity contribution in [2.45, 2.75) is 12.5 Å². The summed E-state index contributed by atoms with van der Waals surface area (Å²) in [5.74, 6) is -0.895. The van der Waals surface area contributed by atoms with Crippen molar-refractivity contribution in [3.8, 4) is 5.75 Å². The van der Waals surface area contributed by atoms with Gasteiger partial charge >= 0.3 is 5.97 Å². The third kappa shape index (κ3) is 4.17. The van der Waals surface area contributed by atoms with Crippen LogP contribution in [0.15, 0.2) is 18.2 Å². The maximum atomic E-state index is 12.0. The van der Waals surface area contributed by atoms with Crippen molar-refractivity contribution >= 4 is 17.6 Å². The molecule has 3 N–H and O–H groups in total. The number of hydrogen-bond donors (Lipinski definition) is 3. The molecule has 114 valence electrons. The van der Waals surface area contributed by atoms with E-state index in [1.807, 2.05) is 0 Å². The summed E-state index contributed by atoms with van der Waals surface area (Å²) in [6, 6.07) is 4.31. The van der Waals surface area contributed by atoms with E-state index in [9.17, 15) is 9.59 Å². The van der Waals surface area contributed by atoms with Gasteiger partial charge in [-0.25, -0.2) is 4.79 Å². The molecular weight excluding hydrogens is 276 g/mol. The Balaban J connectivity index is 2.04. The van der Waals surface area contributed by atoms with Gasteiger partial charge in [-0.2, -0.15) is 0 Å². The average Bonchev–Trinajstić information content (AvgIpc) is 2.48. The van der Waals surface area contributed by atoms with Crippen molar-refractivity contribution in [1.29, 1.82) is 0 Å². The summed E-state index contributed by atoms with van der Waals surface area (Å²) in [5, 5.41) is 14.8. The molecular formula is C14H18N2O5. The minimum atomic E-state index is -1.06. The molecule has 1 aromatic carbocycles. The zero-order valence-corrected chi connectivity index (χ0v) is 11.7. The number of amides is 1. The van der Waals surface area contributed by atoms with Gasteiger partial charge in [-0.3, -0.25) is 4.79 Å². The summed E-state index contributed by atoms with van der Waals surface area (Å²) in [4.78, 5) is 23.0. The van der Waals surface area contributed by atoms with E-state index < -0.39 is 5.97 Å². The summed E-state index contributed by atoms with van der Waals surface area (Å²) in [7, 11) is 1.46. The molecule has 0 radical (unpaired) electrons. The molecule has 21 heavy (non-hydrogen) atoms. The highest BCUT2D eigenvalue weighted by Crippen LogP contribution is 2.25. The van der Waals surface area contributed by atoms with Gasteiger partial charge in [0, 0.05) is 13.1 Å². The van der Waals surface area contributed by atoms with Crippen LogP contribution in [-0.4, -0.2) is 49.9 Å². The number of nitrogens with one attached hydrogen (secondary N) is 2. The van der Waals surface area contributed by atoms with Crippen molar-refractivity contribution in [2.75, 3.05) is 32.1 Å². The predicted molar refractivity (Wildman–Crippen MR) is 75.8 cm³/mol. The normalized spacial score (nSPS) is 18.0. The summed E-state index contributed by atoms with van der Waals surface area (Å²) in [6.07, 6.45) is 0.0281. The minimum absolute atomic E-state index is 0.0849. The molecule has 0 aliphatic carbocycles. The number of hydrogen-bond acceptors (Lipinski definition) is 5. The van der Waals surface area contributed by atoms with E-state index in [1.54, 1.807) is 0 Å². The van der Waals surface area contributed by atoms with Crippen LogP contribution >= 0.6 is 0 Å². The maximum Gasteiger partial charge on any atom is 0.335 e. The van der Waals surface area contributed by atoms with E-state index in [-0.39, 0.29) is 24.0 Å². The van der Waals surface area contributed by atoms with Gasteiger partial charge in [0.15, 0.2) is 0 Å². The number of anilines is 1. The predicted octanol–water partition coefficient (Wildman–Crippen LogP) is 0.710. The fourth-order valence-corrected chi connectivity index (χ4v) is 2.10. The fraction of sp³-hybridized carbons (Fsp3) is 0.429. The lowest BCUT2D eigenvalue weighted by atomic mass is 10.1. The molecule has 1 aromatic rings. The van der Waals surface area contributed by atoms with Crippen LogP contribution in [0.1, 0.15) is 16.8 Å². The molecule has 1 unspecified atom stereocenters. The number of benzene rings is 1. The Labute approximate surface area is 122 Å². The Hall–Kier alpha value is -2.12. The Morgan fingerprint density at radius 1 is 1.52 bits per heavy atom. The second kappa shape index (κ2) is 7.05. The number of carbonyl (C=O) groups excluding carboxylic acids is 1. The second-order valence-electron chi connectivity index (χ2n) is 4.67. The Kier molecular flexibility index (Phi) is 5.13. The van der Waals surface area contributed by atoms with E-state index in [4.69, 9.17) is 14.6 Å². The van der Waals surface area contributed by atoms with Crippen LogP contribution in [0.4, 0.5) is 5.69 Å². The monoisotopic (exact) mass is 294 g/mol. The lowest BCUT2D eigenvalue weighted by Gasteiger charge is -2.23.